The summed E-state index contributed by atoms with van der Waals surface area (Å²) in [6.45, 7) is 1.42. The molecule has 0 saturated carbocycles. The van der Waals surface area contributed by atoms with Gasteiger partial charge in [0.05, 0.1) is 32.6 Å². The van der Waals surface area contributed by atoms with E-state index in [-0.39, 0.29) is 5.91 Å². The second kappa shape index (κ2) is 8.43. The van der Waals surface area contributed by atoms with Crippen molar-refractivity contribution in [2.45, 2.75) is 16.7 Å². The minimum absolute atomic E-state index is 0.213. The van der Waals surface area contributed by atoms with Gasteiger partial charge in [-0.2, -0.15) is 0 Å². The molecule has 6 nitrogen and oxygen atoms in total. The minimum atomic E-state index is -0.426. The molecule has 0 atom stereocenters. The minimum Gasteiger partial charge on any atom is -0.493 e. The van der Waals surface area contributed by atoms with E-state index >= 15 is 0 Å². The Hall–Kier alpha value is -2.67. The van der Waals surface area contributed by atoms with Crippen LogP contribution in [0.1, 0.15) is 17.3 Å². The molecule has 0 radical (unpaired) electrons. The molecule has 0 heterocycles. The van der Waals surface area contributed by atoms with Gasteiger partial charge < -0.3 is 19.5 Å². The number of esters is 1. The zero-order chi connectivity index (χ0) is 18.4. The Bertz CT molecular complexity index is 791. The van der Waals surface area contributed by atoms with Crippen LogP contribution in [0.4, 0.5) is 5.69 Å². The Balaban J connectivity index is 2.51. The molecule has 0 aliphatic carbocycles. The highest BCUT2D eigenvalue weighted by Crippen LogP contribution is 2.42. The van der Waals surface area contributed by atoms with Crippen molar-refractivity contribution in [1.82, 2.24) is 0 Å². The summed E-state index contributed by atoms with van der Waals surface area (Å²) in [5.41, 5.74) is 1.01. The van der Waals surface area contributed by atoms with Crippen LogP contribution in [-0.2, 0) is 9.53 Å². The molecule has 2 aromatic rings. The van der Waals surface area contributed by atoms with Crippen LogP contribution in [0.2, 0.25) is 0 Å². The van der Waals surface area contributed by atoms with Gasteiger partial charge in [0.25, 0.3) is 0 Å². The highest BCUT2D eigenvalue weighted by molar-refractivity contribution is 7.99. The van der Waals surface area contributed by atoms with Crippen LogP contribution in [0.5, 0.6) is 11.5 Å². The smallest absolute Gasteiger partial charge is 0.339 e. The molecule has 0 unspecified atom stereocenters. The number of hydrogen-bond donors (Lipinski definition) is 1. The van der Waals surface area contributed by atoms with Crippen molar-refractivity contribution in [3.8, 4) is 11.5 Å². The van der Waals surface area contributed by atoms with Gasteiger partial charge in [-0.3, -0.25) is 4.79 Å². The zero-order valence-electron chi connectivity index (χ0n) is 14.4. The fourth-order valence-corrected chi connectivity index (χ4v) is 3.22. The second-order valence-corrected chi connectivity index (χ2v) is 6.06. The first-order valence-electron chi connectivity index (χ1n) is 7.39. The third-order valence-corrected chi connectivity index (χ3v) is 4.44. The van der Waals surface area contributed by atoms with E-state index in [2.05, 4.69) is 5.32 Å². The van der Waals surface area contributed by atoms with E-state index in [0.29, 0.717) is 32.5 Å². The summed E-state index contributed by atoms with van der Waals surface area (Å²) in [6.07, 6.45) is 0. The highest BCUT2D eigenvalue weighted by Gasteiger charge is 2.17. The number of carbonyl (C=O) groups is 2. The molecule has 132 valence electrons. The molecule has 0 aliphatic heterocycles. The molecule has 0 fully saturated rings. The van der Waals surface area contributed by atoms with Crippen LogP contribution in [0.25, 0.3) is 0 Å². The summed E-state index contributed by atoms with van der Waals surface area (Å²) >= 11 is 1.32. The van der Waals surface area contributed by atoms with Crippen molar-refractivity contribution < 1.29 is 23.8 Å². The predicted octanol–water partition coefficient (Wildman–Crippen LogP) is 3.60. The summed E-state index contributed by atoms with van der Waals surface area (Å²) in [5.74, 6) is 0.381. The number of amides is 1. The van der Waals surface area contributed by atoms with Gasteiger partial charge in [-0.15, -0.1) is 0 Å². The van der Waals surface area contributed by atoms with Gasteiger partial charge in [0.2, 0.25) is 5.91 Å². The Morgan fingerprint density at radius 1 is 0.960 bits per heavy atom. The van der Waals surface area contributed by atoms with Crippen LogP contribution in [0.15, 0.2) is 46.2 Å². The first kappa shape index (κ1) is 18.7. The molecular weight excluding hydrogens is 342 g/mol. The maximum absolute atomic E-state index is 12.0. The van der Waals surface area contributed by atoms with Crippen molar-refractivity contribution in [2.24, 2.45) is 0 Å². The molecule has 2 rings (SSSR count). The fraction of sp³-hybridized carbons (Fsp3) is 0.222. The summed E-state index contributed by atoms with van der Waals surface area (Å²) < 4.78 is 15.4. The van der Waals surface area contributed by atoms with Gasteiger partial charge in [0.1, 0.15) is 0 Å². The molecule has 0 spiro atoms. The van der Waals surface area contributed by atoms with E-state index in [1.54, 1.807) is 24.3 Å². The van der Waals surface area contributed by atoms with Gasteiger partial charge in [-0.25, -0.2) is 4.79 Å². The summed E-state index contributed by atoms with van der Waals surface area (Å²) in [7, 11) is 4.39. The van der Waals surface area contributed by atoms with Crippen LogP contribution in [0, 0.1) is 0 Å². The zero-order valence-corrected chi connectivity index (χ0v) is 15.2. The van der Waals surface area contributed by atoms with Crippen molar-refractivity contribution in [3.05, 3.63) is 42.0 Å². The lowest BCUT2D eigenvalue weighted by molar-refractivity contribution is -0.114. The molecular formula is C18H19NO5S. The second-order valence-electron chi connectivity index (χ2n) is 4.97. The quantitative estimate of drug-likeness (QED) is 0.793. The molecule has 25 heavy (non-hydrogen) atoms. The largest absolute Gasteiger partial charge is 0.493 e. The average Bonchev–Trinajstić information content (AvgIpc) is 2.62. The lowest BCUT2D eigenvalue weighted by Gasteiger charge is -2.15. The summed E-state index contributed by atoms with van der Waals surface area (Å²) in [6, 6.07) is 10.5. The third kappa shape index (κ3) is 4.45. The molecule has 0 saturated heterocycles. The van der Waals surface area contributed by atoms with E-state index in [1.807, 2.05) is 12.1 Å². The van der Waals surface area contributed by atoms with E-state index in [4.69, 9.17) is 14.2 Å². The van der Waals surface area contributed by atoms with Crippen molar-refractivity contribution >= 4 is 29.3 Å². The molecule has 0 aliphatic rings. The molecule has 7 heteroatoms. The van der Waals surface area contributed by atoms with Crippen molar-refractivity contribution in [3.63, 3.8) is 0 Å². The Kier molecular flexibility index (Phi) is 6.30. The monoisotopic (exact) mass is 361 g/mol. The van der Waals surface area contributed by atoms with E-state index in [9.17, 15) is 9.59 Å². The number of anilines is 1. The van der Waals surface area contributed by atoms with Gasteiger partial charge >= 0.3 is 5.97 Å². The number of nitrogens with one attached hydrogen (secondary N) is 1. The molecule has 0 bridgehead atoms. The van der Waals surface area contributed by atoms with Crippen LogP contribution >= 0.6 is 11.8 Å². The Labute approximate surface area is 150 Å². The third-order valence-electron chi connectivity index (χ3n) is 3.31. The van der Waals surface area contributed by atoms with Crippen molar-refractivity contribution in [2.75, 3.05) is 26.6 Å². The highest BCUT2D eigenvalue weighted by atomic mass is 32.2. The van der Waals surface area contributed by atoms with Crippen LogP contribution in [0.3, 0.4) is 0 Å². The van der Waals surface area contributed by atoms with E-state index < -0.39 is 5.97 Å². The standard InChI is InChI=1S/C18H19NO5S/c1-11(20)19-13-9-14(22-2)15(23-3)10-17(13)25-16-8-6-5-7-12(16)18(21)24-4/h5-10H,1-4H3,(H,19,20). The first-order valence-corrected chi connectivity index (χ1v) is 8.20. The Morgan fingerprint density at radius 2 is 1.60 bits per heavy atom. The van der Waals surface area contributed by atoms with Crippen molar-refractivity contribution in [1.29, 1.82) is 0 Å². The van der Waals surface area contributed by atoms with Gasteiger partial charge in [-0.1, -0.05) is 23.9 Å². The lowest BCUT2D eigenvalue weighted by Crippen LogP contribution is -2.08. The molecule has 1 N–H and O–H groups in total. The number of hydrogen-bond acceptors (Lipinski definition) is 6. The topological polar surface area (TPSA) is 73.9 Å². The number of ether oxygens (including phenoxy) is 3. The maximum atomic E-state index is 12.0. The Morgan fingerprint density at radius 3 is 2.20 bits per heavy atom. The summed E-state index contributed by atoms with van der Waals surface area (Å²) in [4.78, 5) is 24.9. The summed E-state index contributed by atoms with van der Waals surface area (Å²) in [5, 5.41) is 2.77. The molecule has 0 aromatic heterocycles. The maximum Gasteiger partial charge on any atom is 0.339 e. The predicted molar refractivity (Wildman–Crippen MR) is 95.8 cm³/mol. The van der Waals surface area contributed by atoms with Gasteiger partial charge in [0.15, 0.2) is 11.5 Å². The van der Waals surface area contributed by atoms with Crippen LogP contribution < -0.4 is 14.8 Å². The number of rotatable bonds is 6. The first-order chi connectivity index (χ1) is 12.0. The number of carbonyl (C=O) groups excluding carboxylic acids is 2. The van der Waals surface area contributed by atoms with E-state index in [0.717, 1.165) is 0 Å². The van der Waals surface area contributed by atoms with E-state index in [1.165, 1.54) is 40.0 Å². The SMILES string of the molecule is COC(=O)c1ccccc1Sc1cc(OC)c(OC)cc1NC(C)=O. The molecule has 1 amide bonds. The average molecular weight is 361 g/mol. The number of methoxy groups -OCH3 is 3. The fourth-order valence-electron chi connectivity index (χ4n) is 2.18. The number of benzene rings is 2. The van der Waals surface area contributed by atoms with Crippen LogP contribution in [-0.4, -0.2) is 33.2 Å². The molecule has 2 aromatic carbocycles. The van der Waals surface area contributed by atoms with Gasteiger partial charge in [0, 0.05) is 28.8 Å². The van der Waals surface area contributed by atoms with Gasteiger partial charge in [-0.05, 0) is 12.1 Å². The lowest BCUT2D eigenvalue weighted by atomic mass is 10.2. The normalized spacial score (nSPS) is 10.1.